The highest BCUT2D eigenvalue weighted by molar-refractivity contribution is 7.12. The van der Waals surface area contributed by atoms with Crippen LogP contribution in [0.2, 0.25) is 0 Å². The molecule has 6 heteroatoms. The van der Waals surface area contributed by atoms with Crippen molar-refractivity contribution in [1.82, 2.24) is 4.90 Å². The summed E-state index contributed by atoms with van der Waals surface area (Å²) in [6.07, 6.45) is 0.340. The largest absolute Gasteiger partial charge is 0.497 e. The predicted octanol–water partition coefficient (Wildman–Crippen LogP) is 3.43. The molecule has 1 aromatic carbocycles. The van der Waals surface area contributed by atoms with E-state index in [1.54, 1.807) is 25.6 Å². The minimum absolute atomic E-state index is 0.0305. The van der Waals surface area contributed by atoms with Crippen LogP contribution in [0.1, 0.15) is 22.2 Å². The average Bonchev–Trinajstić information content (AvgIpc) is 3.05. The summed E-state index contributed by atoms with van der Waals surface area (Å²) in [5.74, 6) is 1.47. The van der Waals surface area contributed by atoms with Gasteiger partial charge >= 0.3 is 0 Å². The van der Waals surface area contributed by atoms with Crippen LogP contribution in [-0.2, 0) is 9.53 Å². The second-order valence-electron chi connectivity index (χ2n) is 5.99. The molecule has 1 amide bonds. The number of hydrogen-bond acceptors (Lipinski definition) is 5. The van der Waals surface area contributed by atoms with Gasteiger partial charge in [0.05, 0.1) is 7.11 Å². The predicted molar refractivity (Wildman–Crippen MR) is 97.4 cm³/mol. The maximum atomic E-state index is 12.6. The lowest BCUT2D eigenvalue weighted by Crippen LogP contribution is -2.61. The first-order valence-corrected chi connectivity index (χ1v) is 9.12. The van der Waals surface area contributed by atoms with Crippen molar-refractivity contribution in [3.63, 3.8) is 0 Å². The van der Waals surface area contributed by atoms with Gasteiger partial charge in [0, 0.05) is 30.0 Å². The van der Waals surface area contributed by atoms with E-state index >= 15 is 0 Å². The zero-order valence-electron chi connectivity index (χ0n) is 14.7. The number of amides is 1. The molecule has 2 unspecified atom stereocenters. The van der Waals surface area contributed by atoms with Crippen LogP contribution in [0.3, 0.4) is 0 Å². The van der Waals surface area contributed by atoms with Gasteiger partial charge in [-0.25, -0.2) is 0 Å². The van der Waals surface area contributed by atoms with Crippen LogP contribution in [0.4, 0.5) is 0 Å². The fraction of sp³-hybridized carbons (Fsp3) is 0.421. The average molecular weight is 361 g/mol. The number of hydrogen-bond donors (Lipinski definition) is 0. The number of carbonyl (C=O) groups excluding carboxylic acids is 1. The van der Waals surface area contributed by atoms with E-state index < -0.39 is 6.10 Å². The summed E-state index contributed by atoms with van der Waals surface area (Å²) >= 11 is 1.71. The number of methoxy groups -OCH3 is 2. The highest BCUT2D eigenvalue weighted by atomic mass is 32.1. The lowest BCUT2D eigenvalue weighted by molar-refractivity contribution is -0.164. The maximum Gasteiger partial charge on any atom is 0.266 e. The number of carbonyl (C=O) groups is 1. The molecule has 1 aliphatic heterocycles. The maximum absolute atomic E-state index is 12.6. The summed E-state index contributed by atoms with van der Waals surface area (Å²) in [7, 11) is 3.30. The minimum Gasteiger partial charge on any atom is -0.497 e. The molecule has 0 aliphatic carbocycles. The molecule has 0 spiro atoms. The van der Waals surface area contributed by atoms with Crippen LogP contribution >= 0.6 is 11.3 Å². The molecule has 2 heterocycles. The van der Waals surface area contributed by atoms with Crippen LogP contribution in [0.15, 0.2) is 36.4 Å². The van der Waals surface area contributed by atoms with Gasteiger partial charge in [0.25, 0.3) is 5.91 Å². The van der Waals surface area contributed by atoms with Gasteiger partial charge in [-0.15, -0.1) is 11.3 Å². The molecular weight excluding hydrogens is 338 g/mol. The van der Waals surface area contributed by atoms with Crippen molar-refractivity contribution in [2.24, 2.45) is 0 Å². The van der Waals surface area contributed by atoms with Gasteiger partial charge in [0.15, 0.2) is 0 Å². The van der Waals surface area contributed by atoms with Crippen molar-refractivity contribution in [3.8, 4) is 11.5 Å². The molecule has 2 aromatic rings. The number of thiophene rings is 1. The third-order valence-corrected chi connectivity index (χ3v) is 5.34. The Kier molecular flexibility index (Phi) is 5.60. The van der Waals surface area contributed by atoms with Gasteiger partial charge in [0.1, 0.15) is 17.5 Å². The summed E-state index contributed by atoms with van der Waals surface area (Å²) in [5, 5.41) is 0. The van der Waals surface area contributed by atoms with Gasteiger partial charge in [-0.2, -0.15) is 0 Å². The van der Waals surface area contributed by atoms with E-state index in [4.69, 9.17) is 14.2 Å². The summed E-state index contributed by atoms with van der Waals surface area (Å²) in [5.41, 5.74) is 0. The first kappa shape index (κ1) is 17.8. The van der Waals surface area contributed by atoms with Gasteiger partial charge < -0.3 is 19.1 Å². The normalized spacial score (nSPS) is 19.6. The number of nitrogens with zero attached hydrogens (tertiary/aromatic N) is 1. The minimum atomic E-state index is -0.478. The first-order chi connectivity index (χ1) is 12.1. The van der Waals surface area contributed by atoms with E-state index in [9.17, 15) is 4.79 Å². The van der Waals surface area contributed by atoms with E-state index in [0.717, 1.165) is 17.0 Å². The highest BCUT2D eigenvalue weighted by Crippen LogP contribution is 2.40. The Bertz CT molecular complexity index is 712. The molecule has 134 valence electrons. The van der Waals surface area contributed by atoms with E-state index in [2.05, 4.69) is 19.1 Å². The van der Waals surface area contributed by atoms with E-state index in [1.165, 1.54) is 4.88 Å². The van der Waals surface area contributed by atoms with E-state index in [0.29, 0.717) is 18.9 Å². The van der Waals surface area contributed by atoms with Crippen molar-refractivity contribution in [1.29, 1.82) is 0 Å². The Morgan fingerprint density at radius 2 is 1.80 bits per heavy atom. The Morgan fingerprint density at radius 3 is 2.40 bits per heavy atom. The molecule has 1 aromatic heterocycles. The van der Waals surface area contributed by atoms with Crippen molar-refractivity contribution >= 4 is 17.2 Å². The van der Waals surface area contributed by atoms with Crippen LogP contribution in [0.5, 0.6) is 11.5 Å². The topological polar surface area (TPSA) is 48.0 Å². The first-order valence-electron chi connectivity index (χ1n) is 8.30. The lowest BCUT2D eigenvalue weighted by Gasteiger charge is -2.46. The third-order valence-electron chi connectivity index (χ3n) is 4.27. The summed E-state index contributed by atoms with van der Waals surface area (Å²) in [6, 6.07) is 11.5. The van der Waals surface area contributed by atoms with Gasteiger partial charge in [-0.05, 0) is 49.7 Å². The van der Waals surface area contributed by atoms with Crippen LogP contribution in [0.25, 0.3) is 0 Å². The molecule has 0 N–H and O–H groups in total. The highest BCUT2D eigenvalue weighted by Gasteiger charge is 2.50. The standard InChI is InChI=1S/C19H23NO4S/c1-13-5-10-16(25-13)17-18(19(21)20(17)11-4-12-22-2)24-15-8-6-14(23-3)7-9-15/h5-10,17-18H,4,11-12H2,1-3H3. The molecule has 1 fully saturated rings. The molecule has 0 bridgehead atoms. The molecule has 25 heavy (non-hydrogen) atoms. The quantitative estimate of drug-likeness (QED) is 0.534. The van der Waals surface area contributed by atoms with Crippen molar-refractivity contribution in [2.75, 3.05) is 27.4 Å². The fourth-order valence-corrected chi connectivity index (χ4v) is 3.99. The Labute approximate surface area is 152 Å². The number of benzene rings is 1. The fourth-order valence-electron chi connectivity index (χ4n) is 2.98. The summed E-state index contributed by atoms with van der Waals surface area (Å²) in [4.78, 5) is 16.9. The molecule has 1 aliphatic rings. The molecule has 5 nitrogen and oxygen atoms in total. The van der Waals surface area contributed by atoms with Crippen molar-refractivity contribution in [3.05, 3.63) is 46.2 Å². The van der Waals surface area contributed by atoms with E-state index in [-0.39, 0.29) is 11.9 Å². The second kappa shape index (κ2) is 7.89. The molecule has 0 radical (unpaired) electrons. The lowest BCUT2D eigenvalue weighted by atomic mass is 9.95. The number of aryl methyl sites for hydroxylation is 1. The molecule has 2 atom stereocenters. The Balaban J connectivity index is 1.75. The monoisotopic (exact) mass is 361 g/mol. The SMILES string of the molecule is COCCCN1C(=O)C(Oc2ccc(OC)cc2)C1c1ccc(C)s1. The van der Waals surface area contributed by atoms with Gasteiger partial charge in [-0.1, -0.05) is 0 Å². The summed E-state index contributed by atoms with van der Waals surface area (Å²) in [6.45, 7) is 3.39. The molecule has 0 saturated carbocycles. The number of rotatable bonds is 8. The number of likely N-dealkylation sites (tertiary alicyclic amines) is 1. The van der Waals surface area contributed by atoms with Crippen molar-refractivity contribution < 1.29 is 19.0 Å². The molecular formula is C19H23NO4S. The van der Waals surface area contributed by atoms with Crippen LogP contribution in [0, 0.1) is 6.92 Å². The zero-order valence-corrected chi connectivity index (χ0v) is 15.5. The molecule has 1 saturated heterocycles. The van der Waals surface area contributed by atoms with Crippen molar-refractivity contribution in [2.45, 2.75) is 25.5 Å². The smallest absolute Gasteiger partial charge is 0.266 e. The third kappa shape index (κ3) is 3.80. The van der Waals surface area contributed by atoms with Gasteiger partial charge in [-0.3, -0.25) is 4.79 Å². The Morgan fingerprint density at radius 1 is 1.08 bits per heavy atom. The number of ether oxygens (including phenoxy) is 3. The zero-order chi connectivity index (χ0) is 17.8. The molecule has 3 rings (SSSR count). The van der Waals surface area contributed by atoms with Crippen LogP contribution in [-0.4, -0.2) is 44.3 Å². The Hall–Kier alpha value is -2.05. The van der Waals surface area contributed by atoms with Crippen LogP contribution < -0.4 is 9.47 Å². The summed E-state index contributed by atoms with van der Waals surface area (Å²) < 4.78 is 16.3. The van der Waals surface area contributed by atoms with E-state index in [1.807, 2.05) is 29.2 Å². The number of β-lactam (4-membered cyclic amide) rings is 1. The second-order valence-corrected chi connectivity index (χ2v) is 7.30. The van der Waals surface area contributed by atoms with Gasteiger partial charge in [0.2, 0.25) is 6.10 Å².